The minimum Gasteiger partial charge on any atom is -0.352 e. The van der Waals surface area contributed by atoms with E-state index in [1.165, 1.54) is 11.8 Å². The molecule has 126 valence electrons. The van der Waals surface area contributed by atoms with E-state index in [0.717, 1.165) is 10.5 Å². The lowest BCUT2D eigenvalue weighted by molar-refractivity contribution is -0.118. The Labute approximate surface area is 151 Å². The van der Waals surface area contributed by atoms with E-state index in [2.05, 4.69) is 10.6 Å². The number of rotatable bonds is 7. The number of hydrogen-bond donors (Lipinski definition) is 2. The molecule has 2 rings (SSSR count). The van der Waals surface area contributed by atoms with Gasteiger partial charge in [-0.2, -0.15) is 0 Å². The van der Waals surface area contributed by atoms with Gasteiger partial charge in [0.2, 0.25) is 5.91 Å². The fourth-order valence-corrected chi connectivity index (χ4v) is 2.87. The first kappa shape index (κ1) is 18.4. The van der Waals surface area contributed by atoms with E-state index >= 15 is 0 Å². The molecule has 2 aromatic carbocycles. The Morgan fingerprint density at radius 2 is 1.83 bits per heavy atom. The normalized spacial score (nSPS) is 10.2. The van der Waals surface area contributed by atoms with Crippen molar-refractivity contribution >= 4 is 35.2 Å². The molecule has 0 aliphatic carbocycles. The maximum atomic E-state index is 11.9. The van der Waals surface area contributed by atoms with Crippen molar-refractivity contribution in [3.8, 4) is 0 Å². The Balaban J connectivity index is 1.82. The molecule has 0 saturated heterocycles. The summed E-state index contributed by atoms with van der Waals surface area (Å²) in [6, 6.07) is 14.6. The molecule has 0 fully saturated rings. The van der Waals surface area contributed by atoms with Gasteiger partial charge in [0.15, 0.2) is 0 Å². The maximum Gasteiger partial charge on any atom is 0.251 e. The van der Waals surface area contributed by atoms with Crippen molar-refractivity contribution in [3.05, 3.63) is 64.7 Å². The third-order valence-corrected chi connectivity index (χ3v) is 4.46. The van der Waals surface area contributed by atoms with Crippen molar-refractivity contribution < 1.29 is 9.59 Å². The van der Waals surface area contributed by atoms with Gasteiger partial charge in [-0.05, 0) is 48.9 Å². The van der Waals surface area contributed by atoms with Crippen LogP contribution in [0.15, 0.2) is 53.4 Å². The second-order valence-electron chi connectivity index (χ2n) is 5.08. The van der Waals surface area contributed by atoms with E-state index in [1.807, 2.05) is 31.2 Å². The molecule has 0 radical (unpaired) electrons. The summed E-state index contributed by atoms with van der Waals surface area (Å²) in [5.74, 6) is 0.166. The first-order valence-corrected chi connectivity index (χ1v) is 8.97. The van der Waals surface area contributed by atoms with Gasteiger partial charge in [0, 0.05) is 28.6 Å². The summed E-state index contributed by atoms with van der Waals surface area (Å²) in [4.78, 5) is 24.7. The Morgan fingerprint density at radius 3 is 2.54 bits per heavy atom. The SMILES string of the molecule is CCNC(=O)c1cccc(CNC(=O)CSc2ccc(Cl)cc2)c1. The summed E-state index contributed by atoms with van der Waals surface area (Å²) in [5.41, 5.74) is 1.49. The zero-order chi connectivity index (χ0) is 17.4. The summed E-state index contributed by atoms with van der Waals surface area (Å²) in [6.45, 7) is 2.86. The molecular weight excluding hydrogens is 344 g/mol. The van der Waals surface area contributed by atoms with E-state index < -0.39 is 0 Å². The second-order valence-corrected chi connectivity index (χ2v) is 6.56. The first-order valence-electron chi connectivity index (χ1n) is 7.60. The number of hydrogen-bond acceptors (Lipinski definition) is 3. The van der Waals surface area contributed by atoms with Gasteiger partial charge in [-0.1, -0.05) is 23.7 Å². The highest BCUT2D eigenvalue weighted by Gasteiger charge is 2.06. The van der Waals surface area contributed by atoms with Gasteiger partial charge in [0.25, 0.3) is 5.91 Å². The molecule has 0 atom stereocenters. The van der Waals surface area contributed by atoms with E-state index in [-0.39, 0.29) is 11.8 Å². The van der Waals surface area contributed by atoms with E-state index in [0.29, 0.717) is 29.4 Å². The van der Waals surface area contributed by atoms with E-state index in [4.69, 9.17) is 11.6 Å². The summed E-state index contributed by atoms with van der Waals surface area (Å²) in [6.07, 6.45) is 0. The highest BCUT2D eigenvalue weighted by atomic mass is 35.5. The molecule has 0 aliphatic rings. The van der Waals surface area contributed by atoms with Gasteiger partial charge in [0.1, 0.15) is 0 Å². The largest absolute Gasteiger partial charge is 0.352 e. The Hall–Kier alpha value is -1.98. The second kappa shape index (κ2) is 9.35. The van der Waals surface area contributed by atoms with Crippen LogP contribution in [0.1, 0.15) is 22.8 Å². The minimum atomic E-state index is -0.107. The zero-order valence-electron chi connectivity index (χ0n) is 13.3. The first-order chi connectivity index (χ1) is 11.6. The van der Waals surface area contributed by atoms with Gasteiger partial charge in [0.05, 0.1) is 5.75 Å². The number of carbonyl (C=O) groups excluding carboxylic acids is 2. The molecule has 0 bridgehead atoms. The number of halogens is 1. The monoisotopic (exact) mass is 362 g/mol. The molecule has 4 nitrogen and oxygen atoms in total. The molecule has 24 heavy (non-hydrogen) atoms. The van der Waals surface area contributed by atoms with Crippen molar-refractivity contribution in [2.75, 3.05) is 12.3 Å². The Kier molecular flexibility index (Phi) is 7.15. The molecule has 2 N–H and O–H groups in total. The average Bonchev–Trinajstić information content (AvgIpc) is 2.60. The van der Waals surface area contributed by atoms with Crippen LogP contribution in [0.5, 0.6) is 0 Å². The fourth-order valence-electron chi connectivity index (χ4n) is 2.02. The quantitative estimate of drug-likeness (QED) is 0.741. The van der Waals surface area contributed by atoms with Crippen molar-refractivity contribution in [1.82, 2.24) is 10.6 Å². The highest BCUT2D eigenvalue weighted by molar-refractivity contribution is 8.00. The third kappa shape index (κ3) is 5.91. The van der Waals surface area contributed by atoms with Crippen molar-refractivity contribution in [2.24, 2.45) is 0 Å². The highest BCUT2D eigenvalue weighted by Crippen LogP contribution is 2.19. The summed E-state index contributed by atoms with van der Waals surface area (Å²) < 4.78 is 0. The predicted octanol–water partition coefficient (Wildman–Crippen LogP) is 3.50. The van der Waals surface area contributed by atoms with E-state index in [9.17, 15) is 9.59 Å². The van der Waals surface area contributed by atoms with Crippen LogP contribution in [0.2, 0.25) is 5.02 Å². The van der Waals surface area contributed by atoms with Crippen LogP contribution in [0.4, 0.5) is 0 Å². The number of nitrogens with one attached hydrogen (secondary N) is 2. The molecular formula is C18H19ClN2O2S. The number of benzene rings is 2. The molecule has 0 spiro atoms. The average molecular weight is 363 g/mol. The molecule has 6 heteroatoms. The lowest BCUT2D eigenvalue weighted by Crippen LogP contribution is -2.25. The molecule has 0 unspecified atom stereocenters. The van der Waals surface area contributed by atoms with Crippen LogP contribution in [0.3, 0.4) is 0 Å². The summed E-state index contributed by atoms with van der Waals surface area (Å²) in [7, 11) is 0. The Bertz CT molecular complexity index is 704. The van der Waals surface area contributed by atoms with Crippen LogP contribution in [-0.4, -0.2) is 24.1 Å². The smallest absolute Gasteiger partial charge is 0.251 e. The van der Waals surface area contributed by atoms with Crippen LogP contribution in [-0.2, 0) is 11.3 Å². The number of amides is 2. The van der Waals surface area contributed by atoms with E-state index in [1.54, 1.807) is 24.3 Å². The van der Waals surface area contributed by atoms with Gasteiger partial charge in [-0.25, -0.2) is 0 Å². The lowest BCUT2D eigenvalue weighted by atomic mass is 10.1. The van der Waals surface area contributed by atoms with Crippen molar-refractivity contribution in [1.29, 1.82) is 0 Å². The molecule has 0 heterocycles. The lowest BCUT2D eigenvalue weighted by Gasteiger charge is -2.07. The standard InChI is InChI=1S/C18H19ClN2O2S/c1-2-20-18(23)14-5-3-4-13(10-14)11-21-17(22)12-24-16-8-6-15(19)7-9-16/h3-10H,2,11-12H2,1H3,(H,20,23)(H,21,22). The van der Waals surface area contributed by atoms with Gasteiger partial charge < -0.3 is 10.6 Å². The third-order valence-electron chi connectivity index (χ3n) is 3.20. The van der Waals surface area contributed by atoms with Crippen LogP contribution < -0.4 is 10.6 Å². The predicted molar refractivity (Wildman–Crippen MR) is 98.5 cm³/mol. The molecule has 0 saturated carbocycles. The number of carbonyl (C=O) groups is 2. The molecule has 0 aromatic heterocycles. The number of thioether (sulfide) groups is 1. The topological polar surface area (TPSA) is 58.2 Å². The van der Waals surface area contributed by atoms with Crippen LogP contribution >= 0.6 is 23.4 Å². The molecule has 2 aromatic rings. The van der Waals surface area contributed by atoms with Gasteiger partial charge >= 0.3 is 0 Å². The minimum absolute atomic E-state index is 0.0571. The zero-order valence-corrected chi connectivity index (χ0v) is 14.9. The van der Waals surface area contributed by atoms with Crippen LogP contribution in [0, 0.1) is 0 Å². The fraction of sp³-hybridized carbons (Fsp3) is 0.222. The summed E-state index contributed by atoms with van der Waals surface area (Å²) in [5, 5.41) is 6.30. The van der Waals surface area contributed by atoms with Crippen LogP contribution in [0.25, 0.3) is 0 Å². The summed E-state index contributed by atoms with van der Waals surface area (Å²) >= 11 is 7.28. The van der Waals surface area contributed by atoms with Gasteiger partial charge in [-0.3, -0.25) is 9.59 Å². The van der Waals surface area contributed by atoms with Gasteiger partial charge in [-0.15, -0.1) is 11.8 Å². The Morgan fingerprint density at radius 1 is 1.08 bits per heavy atom. The van der Waals surface area contributed by atoms with Crippen molar-refractivity contribution in [3.63, 3.8) is 0 Å². The molecule has 0 aliphatic heterocycles. The maximum absolute atomic E-state index is 11.9. The molecule has 2 amide bonds. The van der Waals surface area contributed by atoms with Crippen molar-refractivity contribution in [2.45, 2.75) is 18.4 Å².